The number of fused-ring (bicyclic) bond motifs is 1. The first-order valence-electron chi connectivity index (χ1n) is 15.4. The zero-order valence-electron chi connectivity index (χ0n) is 25.4. The average molecular weight is 568 g/mol. The predicted molar refractivity (Wildman–Crippen MR) is 184 cm³/mol. The molecule has 1 nitrogen and oxygen atoms in total. The normalized spacial score (nSPS) is 18.0. The van der Waals surface area contributed by atoms with E-state index >= 15 is 0 Å². The maximum Gasteiger partial charge on any atom is 0.0455 e. The summed E-state index contributed by atoms with van der Waals surface area (Å²) in [5, 5.41) is 0. The van der Waals surface area contributed by atoms with E-state index in [-0.39, 0.29) is 5.41 Å². The molecule has 1 aliphatic heterocycles. The molecule has 3 aromatic rings. The lowest BCUT2D eigenvalue weighted by molar-refractivity contribution is 0.611. The molecule has 2 aliphatic carbocycles. The summed E-state index contributed by atoms with van der Waals surface area (Å²) in [5.74, 6) is 0. The molecule has 6 rings (SSSR count). The van der Waals surface area contributed by atoms with Crippen LogP contribution in [0.1, 0.15) is 70.9 Å². The molecule has 0 bridgehead atoms. The summed E-state index contributed by atoms with van der Waals surface area (Å²) < 4.78 is 0. The molecule has 0 radical (unpaired) electrons. The molecule has 2 heteroatoms. The highest BCUT2D eigenvalue weighted by Crippen LogP contribution is 2.54. The van der Waals surface area contributed by atoms with Gasteiger partial charge in [0.15, 0.2) is 0 Å². The van der Waals surface area contributed by atoms with Gasteiger partial charge in [-0.15, -0.1) is 0 Å². The molecule has 0 saturated carbocycles. The van der Waals surface area contributed by atoms with Gasteiger partial charge in [0.2, 0.25) is 0 Å². The lowest BCUT2D eigenvalue weighted by Gasteiger charge is -2.38. The fourth-order valence-corrected chi connectivity index (χ4v) is 8.02. The predicted octanol–water partition coefficient (Wildman–Crippen LogP) is 11.8. The first kappa shape index (κ1) is 28.4. The van der Waals surface area contributed by atoms with Crippen LogP contribution >= 0.6 is 11.8 Å². The van der Waals surface area contributed by atoms with Crippen molar-refractivity contribution in [1.82, 2.24) is 0 Å². The van der Waals surface area contributed by atoms with Crippen molar-refractivity contribution in [2.45, 2.75) is 70.1 Å². The number of anilines is 1. The van der Waals surface area contributed by atoms with Gasteiger partial charge in [0.05, 0.1) is 0 Å². The third-order valence-corrected chi connectivity index (χ3v) is 10.1. The number of thioether (sulfide) groups is 1. The largest absolute Gasteiger partial charge is 0.318 e. The van der Waals surface area contributed by atoms with Crippen molar-refractivity contribution < 1.29 is 0 Å². The van der Waals surface area contributed by atoms with Gasteiger partial charge in [-0.1, -0.05) is 124 Å². The van der Waals surface area contributed by atoms with Crippen LogP contribution < -0.4 is 4.90 Å². The van der Waals surface area contributed by atoms with E-state index in [0.29, 0.717) is 0 Å². The summed E-state index contributed by atoms with van der Waals surface area (Å²) in [6.45, 7) is 9.24. The molecule has 0 N–H and O–H groups in total. The van der Waals surface area contributed by atoms with Crippen LogP contribution in [0.2, 0.25) is 0 Å². The minimum Gasteiger partial charge on any atom is -0.318 e. The van der Waals surface area contributed by atoms with Crippen molar-refractivity contribution in [2.75, 3.05) is 4.90 Å². The van der Waals surface area contributed by atoms with Crippen molar-refractivity contribution in [3.05, 3.63) is 148 Å². The molecule has 3 aromatic carbocycles. The van der Waals surface area contributed by atoms with E-state index in [2.05, 4.69) is 148 Å². The Morgan fingerprint density at radius 2 is 1.67 bits per heavy atom. The minimum atomic E-state index is 0.0206. The van der Waals surface area contributed by atoms with Crippen LogP contribution in [0.4, 0.5) is 5.69 Å². The molecular formula is C40H41NS. The maximum atomic E-state index is 2.48. The second-order valence-corrected chi connectivity index (χ2v) is 13.0. The number of benzene rings is 3. The SMILES string of the molecule is CC/C(=C\C=C(/C)c1ccccc1)N(C1=CC=CCC1)c1ccc(-c2cccc3c2SC2=C(C=CCC2)C3(C)C)cc1. The monoisotopic (exact) mass is 567 g/mol. The van der Waals surface area contributed by atoms with Crippen LogP contribution in [-0.4, -0.2) is 0 Å². The fraction of sp³-hybridized carbons (Fsp3) is 0.250. The highest BCUT2D eigenvalue weighted by Gasteiger charge is 2.35. The van der Waals surface area contributed by atoms with Crippen LogP contribution in [0.15, 0.2) is 142 Å². The zero-order chi connectivity index (χ0) is 29.1. The van der Waals surface area contributed by atoms with Crippen molar-refractivity contribution in [1.29, 1.82) is 0 Å². The Morgan fingerprint density at radius 1 is 0.881 bits per heavy atom. The quantitative estimate of drug-likeness (QED) is 0.261. The third-order valence-electron chi connectivity index (χ3n) is 8.83. The second-order valence-electron chi connectivity index (χ2n) is 11.9. The van der Waals surface area contributed by atoms with Crippen LogP contribution in [-0.2, 0) is 5.41 Å². The van der Waals surface area contributed by atoms with Gasteiger partial charge in [-0.25, -0.2) is 0 Å². The van der Waals surface area contributed by atoms with Crippen LogP contribution in [0.25, 0.3) is 16.7 Å². The fourth-order valence-electron chi connectivity index (χ4n) is 6.39. The summed E-state index contributed by atoms with van der Waals surface area (Å²) in [7, 11) is 0. The highest BCUT2D eigenvalue weighted by molar-refractivity contribution is 8.03. The van der Waals surface area contributed by atoms with Gasteiger partial charge < -0.3 is 4.90 Å². The van der Waals surface area contributed by atoms with Gasteiger partial charge in [-0.3, -0.25) is 0 Å². The van der Waals surface area contributed by atoms with Gasteiger partial charge in [0.1, 0.15) is 0 Å². The van der Waals surface area contributed by atoms with Gasteiger partial charge in [0, 0.05) is 27.4 Å². The molecule has 212 valence electrons. The van der Waals surface area contributed by atoms with Crippen molar-refractivity contribution in [3.63, 3.8) is 0 Å². The van der Waals surface area contributed by atoms with E-state index in [1.54, 1.807) is 4.91 Å². The summed E-state index contributed by atoms with van der Waals surface area (Å²) in [6.07, 6.45) is 21.4. The number of hydrogen-bond donors (Lipinski definition) is 0. The Balaban J connectivity index is 1.37. The van der Waals surface area contributed by atoms with Crippen LogP contribution in [0.5, 0.6) is 0 Å². The molecule has 3 aliphatic rings. The summed E-state index contributed by atoms with van der Waals surface area (Å²) >= 11 is 2.00. The molecule has 0 spiro atoms. The summed E-state index contributed by atoms with van der Waals surface area (Å²) in [4.78, 5) is 5.45. The summed E-state index contributed by atoms with van der Waals surface area (Å²) in [5.41, 5.74) is 12.0. The van der Waals surface area contributed by atoms with Gasteiger partial charge >= 0.3 is 0 Å². The Labute approximate surface area is 256 Å². The molecule has 0 saturated heterocycles. The second kappa shape index (κ2) is 12.2. The number of hydrogen-bond acceptors (Lipinski definition) is 2. The molecule has 0 aromatic heterocycles. The lowest BCUT2D eigenvalue weighted by atomic mass is 9.74. The Hall–Kier alpha value is -3.75. The van der Waals surface area contributed by atoms with E-state index in [4.69, 9.17) is 0 Å². The first-order chi connectivity index (χ1) is 20.5. The van der Waals surface area contributed by atoms with Gasteiger partial charge in [-0.05, 0) is 102 Å². The standard InChI is InChI=1S/C40H41NS/c1-5-32(26-23-29(2)30-15-8-6-9-16-30)41(33-17-10-7-11-18-33)34-27-24-31(25-28-34)35-19-14-21-37-39(35)42-38-22-13-12-20-36(38)40(37,3)4/h6-10,12,14-17,19-21,23-28H,5,11,13,18,22H2,1-4H3/b29-23+,32-26+. The van der Waals surface area contributed by atoms with E-state index < -0.39 is 0 Å². The molecule has 0 unspecified atom stereocenters. The average Bonchev–Trinajstić information content (AvgIpc) is 3.04. The van der Waals surface area contributed by atoms with Crippen molar-refractivity contribution in [3.8, 4) is 11.1 Å². The molecule has 0 atom stereocenters. The Kier molecular flexibility index (Phi) is 8.27. The lowest BCUT2D eigenvalue weighted by Crippen LogP contribution is -2.25. The molecule has 42 heavy (non-hydrogen) atoms. The Bertz CT molecular complexity index is 1640. The zero-order valence-corrected chi connectivity index (χ0v) is 26.2. The smallest absolute Gasteiger partial charge is 0.0455 e. The molecule has 0 amide bonds. The van der Waals surface area contributed by atoms with E-state index in [9.17, 15) is 0 Å². The van der Waals surface area contributed by atoms with Gasteiger partial charge in [0.25, 0.3) is 0 Å². The van der Waals surface area contributed by atoms with Crippen molar-refractivity contribution in [2.24, 2.45) is 0 Å². The highest BCUT2D eigenvalue weighted by atomic mass is 32.2. The van der Waals surface area contributed by atoms with E-state index in [0.717, 1.165) is 32.1 Å². The van der Waals surface area contributed by atoms with Gasteiger partial charge in [-0.2, -0.15) is 0 Å². The first-order valence-corrected chi connectivity index (χ1v) is 16.2. The molecule has 0 fully saturated rings. The number of nitrogens with zero attached hydrogens (tertiary/aromatic N) is 1. The number of rotatable bonds is 7. The van der Waals surface area contributed by atoms with Crippen molar-refractivity contribution >= 4 is 23.0 Å². The third kappa shape index (κ3) is 5.53. The van der Waals surface area contributed by atoms with E-state index in [1.807, 2.05) is 11.8 Å². The molecule has 1 heterocycles. The maximum absolute atomic E-state index is 2.48. The summed E-state index contributed by atoms with van der Waals surface area (Å²) in [6, 6.07) is 26.8. The van der Waals surface area contributed by atoms with Crippen LogP contribution in [0, 0.1) is 0 Å². The van der Waals surface area contributed by atoms with E-state index in [1.165, 1.54) is 55.4 Å². The Morgan fingerprint density at radius 3 is 2.40 bits per heavy atom. The minimum absolute atomic E-state index is 0.0206. The number of allylic oxidation sites excluding steroid dienone is 12. The van der Waals surface area contributed by atoms with Crippen LogP contribution in [0.3, 0.4) is 0 Å². The topological polar surface area (TPSA) is 3.24 Å². The molecular weight excluding hydrogens is 527 g/mol.